The molecule has 4 nitrogen and oxygen atoms in total. The second-order valence-electron chi connectivity index (χ2n) is 5.26. The first-order chi connectivity index (χ1) is 8.61. The molecule has 0 spiro atoms. The molecule has 0 radical (unpaired) electrons. The average Bonchev–Trinajstić information content (AvgIpc) is 3.19. The number of nitrogens with one attached hydrogen (secondary N) is 1. The van der Waals surface area contributed by atoms with E-state index in [-0.39, 0.29) is 5.91 Å². The Balaban J connectivity index is 2.16. The minimum Gasteiger partial charge on any atom is -0.373 e. The molecule has 0 saturated heterocycles. The maximum atomic E-state index is 12.5. The van der Waals surface area contributed by atoms with Crippen LogP contribution in [0.2, 0.25) is 0 Å². The Labute approximate surface area is 108 Å². The molecule has 0 bridgehead atoms. The zero-order valence-corrected chi connectivity index (χ0v) is 11.3. The van der Waals surface area contributed by atoms with E-state index in [0.29, 0.717) is 12.0 Å². The third-order valence-corrected chi connectivity index (χ3v) is 3.07. The second-order valence-corrected chi connectivity index (χ2v) is 5.26. The largest absolute Gasteiger partial charge is 0.373 e. The number of nitrogens with zero attached hydrogens (tertiary/aromatic N) is 2. The van der Waals surface area contributed by atoms with Crippen LogP contribution in [0.5, 0.6) is 0 Å². The van der Waals surface area contributed by atoms with Crippen molar-refractivity contribution in [2.45, 2.75) is 32.7 Å². The van der Waals surface area contributed by atoms with Crippen LogP contribution < -0.4 is 5.32 Å². The van der Waals surface area contributed by atoms with Gasteiger partial charge in [-0.05, 0) is 30.9 Å². The van der Waals surface area contributed by atoms with E-state index in [1.54, 1.807) is 12.3 Å². The van der Waals surface area contributed by atoms with Crippen molar-refractivity contribution >= 4 is 11.7 Å². The Kier molecular flexibility index (Phi) is 3.84. The highest BCUT2D eigenvalue weighted by Crippen LogP contribution is 2.29. The van der Waals surface area contributed by atoms with Crippen LogP contribution in [0.25, 0.3) is 0 Å². The molecule has 1 aliphatic carbocycles. The number of hydrogen-bond acceptors (Lipinski definition) is 3. The van der Waals surface area contributed by atoms with Gasteiger partial charge >= 0.3 is 0 Å². The van der Waals surface area contributed by atoms with Crippen molar-refractivity contribution in [1.29, 1.82) is 0 Å². The number of aromatic nitrogens is 1. The van der Waals surface area contributed by atoms with E-state index in [4.69, 9.17) is 0 Å². The van der Waals surface area contributed by atoms with Gasteiger partial charge in [0.1, 0.15) is 5.82 Å². The summed E-state index contributed by atoms with van der Waals surface area (Å²) in [7, 11) is 1.81. The fraction of sp³-hybridized carbons (Fsp3) is 0.571. The lowest BCUT2D eigenvalue weighted by Gasteiger charge is -2.24. The molecule has 1 aromatic rings. The van der Waals surface area contributed by atoms with E-state index in [1.807, 2.05) is 18.0 Å². The van der Waals surface area contributed by atoms with Crippen molar-refractivity contribution in [1.82, 2.24) is 9.88 Å². The van der Waals surface area contributed by atoms with E-state index >= 15 is 0 Å². The number of carbonyl (C=O) groups excluding carboxylic acids is 1. The fourth-order valence-corrected chi connectivity index (χ4v) is 2.04. The van der Waals surface area contributed by atoms with E-state index in [1.165, 1.54) is 0 Å². The molecule has 1 saturated carbocycles. The van der Waals surface area contributed by atoms with Gasteiger partial charge in [0, 0.05) is 31.4 Å². The van der Waals surface area contributed by atoms with Crippen LogP contribution in [0.4, 0.5) is 5.82 Å². The van der Waals surface area contributed by atoms with Gasteiger partial charge in [-0.1, -0.05) is 13.8 Å². The smallest absolute Gasteiger partial charge is 0.254 e. The topological polar surface area (TPSA) is 45.2 Å². The zero-order valence-electron chi connectivity index (χ0n) is 11.3. The lowest BCUT2D eigenvalue weighted by Crippen LogP contribution is -2.36. The van der Waals surface area contributed by atoms with Crippen molar-refractivity contribution in [3.05, 3.63) is 23.9 Å². The van der Waals surface area contributed by atoms with Gasteiger partial charge in [0.15, 0.2) is 0 Å². The summed E-state index contributed by atoms with van der Waals surface area (Å²) in [5.41, 5.74) is 0.724. The Hall–Kier alpha value is -1.58. The quantitative estimate of drug-likeness (QED) is 0.869. The number of amides is 1. The van der Waals surface area contributed by atoms with Crippen molar-refractivity contribution < 1.29 is 4.79 Å². The van der Waals surface area contributed by atoms with Gasteiger partial charge in [-0.3, -0.25) is 4.79 Å². The molecular weight excluding hydrogens is 226 g/mol. The van der Waals surface area contributed by atoms with E-state index in [2.05, 4.69) is 24.1 Å². The third kappa shape index (κ3) is 3.00. The van der Waals surface area contributed by atoms with Crippen molar-refractivity contribution in [3.8, 4) is 0 Å². The van der Waals surface area contributed by atoms with Gasteiger partial charge in [-0.15, -0.1) is 0 Å². The summed E-state index contributed by atoms with van der Waals surface area (Å²) < 4.78 is 0. The molecule has 0 aromatic carbocycles. The summed E-state index contributed by atoms with van der Waals surface area (Å²) in [4.78, 5) is 18.7. The Morgan fingerprint density at radius 1 is 1.56 bits per heavy atom. The second kappa shape index (κ2) is 5.38. The highest BCUT2D eigenvalue weighted by molar-refractivity contribution is 5.95. The molecule has 1 aliphatic rings. The number of rotatable bonds is 5. The van der Waals surface area contributed by atoms with Crippen LogP contribution in [0, 0.1) is 5.92 Å². The molecule has 18 heavy (non-hydrogen) atoms. The van der Waals surface area contributed by atoms with Gasteiger partial charge in [-0.2, -0.15) is 0 Å². The minimum absolute atomic E-state index is 0.130. The number of pyridine rings is 1. The van der Waals surface area contributed by atoms with Crippen molar-refractivity contribution in [2.75, 3.05) is 18.9 Å². The predicted molar refractivity (Wildman–Crippen MR) is 72.7 cm³/mol. The summed E-state index contributed by atoms with van der Waals surface area (Å²) in [5, 5.41) is 2.96. The van der Waals surface area contributed by atoms with E-state index in [0.717, 1.165) is 30.8 Å². The Bertz CT molecular complexity index is 427. The molecule has 1 fully saturated rings. The molecule has 1 heterocycles. The number of hydrogen-bond donors (Lipinski definition) is 1. The van der Waals surface area contributed by atoms with Crippen LogP contribution in [0.1, 0.15) is 37.0 Å². The van der Waals surface area contributed by atoms with Gasteiger partial charge in [0.25, 0.3) is 5.91 Å². The van der Waals surface area contributed by atoms with Crippen LogP contribution in [0.3, 0.4) is 0 Å². The standard InChI is InChI=1S/C14H21N3O/c1-10(2)9-17(12-4-5-12)14(18)11-6-7-16-13(8-11)15-3/h6-8,10,12H,4-5,9H2,1-3H3,(H,15,16). The summed E-state index contributed by atoms with van der Waals surface area (Å²) >= 11 is 0. The summed E-state index contributed by atoms with van der Waals surface area (Å²) in [6.07, 6.45) is 3.96. The molecule has 2 rings (SSSR count). The molecule has 98 valence electrons. The normalized spacial score (nSPS) is 14.7. The molecule has 0 atom stereocenters. The molecule has 1 N–H and O–H groups in total. The van der Waals surface area contributed by atoms with Gasteiger partial charge in [0.05, 0.1) is 0 Å². The van der Waals surface area contributed by atoms with E-state index in [9.17, 15) is 4.79 Å². The fourth-order valence-electron chi connectivity index (χ4n) is 2.04. The maximum absolute atomic E-state index is 12.5. The third-order valence-electron chi connectivity index (χ3n) is 3.07. The maximum Gasteiger partial charge on any atom is 0.254 e. The van der Waals surface area contributed by atoms with Gasteiger partial charge < -0.3 is 10.2 Å². The average molecular weight is 247 g/mol. The molecule has 0 aliphatic heterocycles. The van der Waals surface area contributed by atoms with Gasteiger partial charge in [0.2, 0.25) is 0 Å². The molecule has 0 unspecified atom stereocenters. The monoisotopic (exact) mass is 247 g/mol. The van der Waals surface area contributed by atoms with Crippen LogP contribution >= 0.6 is 0 Å². The lowest BCUT2D eigenvalue weighted by atomic mass is 10.1. The molecular formula is C14H21N3O. The van der Waals surface area contributed by atoms with Crippen molar-refractivity contribution in [3.63, 3.8) is 0 Å². The highest BCUT2D eigenvalue weighted by atomic mass is 16.2. The predicted octanol–water partition coefficient (Wildman–Crippen LogP) is 2.38. The summed E-state index contributed by atoms with van der Waals surface area (Å²) in [5.74, 6) is 1.37. The van der Waals surface area contributed by atoms with Crippen LogP contribution in [-0.2, 0) is 0 Å². The van der Waals surface area contributed by atoms with Crippen LogP contribution in [-0.4, -0.2) is 35.4 Å². The number of anilines is 1. The summed E-state index contributed by atoms with van der Waals surface area (Å²) in [6, 6.07) is 4.06. The zero-order chi connectivity index (χ0) is 13.1. The molecule has 4 heteroatoms. The molecule has 1 aromatic heterocycles. The highest BCUT2D eigenvalue weighted by Gasteiger charge is 2.33. The van der Waals surface area contributed by atoms with Crippen LogP contribution in [0.15, 0.2) is 18.3 Å². The first kappa shape index (κ1) is 12.9. The number of carbonyl (C=O) groups is 1. The summed E-state index contributed by atoms with van der Waals surface area (Å²) in [6.45, 7) is 5.13. The van der Waals surface area contributed by atoms with Gasteiger partial charge in [-0.25, -0.2) is 4.98 Å². The lowest BCUT2D eigenvalue weighted by molar-refractivity contribution is 0.0722. The first-order valence-corrected chi connectivity index (χ1v) is 6.56. The Morgan fingerprint density at radius 2 is 2.28 bits per heavy atom. The SMILES string of the molecule is CNc1cc(C(=O)N(CC(C)C)C2CC2)ccn1. The van der Waals surface area contributed by atoms with Crippen molar-refractivity contribution in [2.24, 2.45) is 5.92 Å². The molecule has 1 amide bonds. The van der Waals surface area contributed by atoms with E-state index < -0.39 is 0 Å². The first-order valence-electron chi connectivity index (χ1n) is 6.56. The minimum atomic E-state index is 0.130. The Morgan fingerprint density at radius 3 is 2.83 bits per heavy atom.